The third-order valence-corrected chi connectivity index (χ3v) is 3.78. The van der Waals surface area contributed by atoms with Gasteiger partial charge < -0.3 is 10.3 Å². The lowest BCUT2D eigenvalue weighted by molar-refractivity contribution is 0.435. The average Bonchev–Trinajstić information content (AvgIpc) is 2.62. The van der Waals surface area contributed by atoms with Crippen molar-refractivity contribution in [2.45, 2.75) is 4.90 Å². The highest BCUT2D eigenvalue weighted by Gasteiger charge is 2.17. The van der Waals surface area contributed by atoms with Gasteiger partial charge in [0.15, 0.2) is 21.4 Å². The first-order chi connectivity index (χ1) is 7.88. The van der Waals surface area contributed by atoms with E-state index >= 15 is 0 Å². The van der Waals surface area contributed by atoms with Crippen LogP contribution in [0.5, 0.6) is 0 Å². The minimum Gasteiger partial charge on any atom is -0.381 e. The second-order valence-electron chi connectivity index (χ2n) is 3.53. The van der Waals surface area contributed by atoms with Crippen LogP contribution in [-0.2, 0) is 9.84 Å². The molecule has 5 nitrogen and oxygen atoms in total. The van der Waals surface area contributed by atoms with E-state index in [9.17, 15) is 8.42 Å². The molecule has 2 N–H and O–H groups in total. The molecule has 0 unspecified atom stereocenters. The van der Waals surface area contributed by atoms with E-state index in [1.165, 1.54) is 12.1 Å². The van der Waals surface area contributed by atoms with Gasteiger partial charge in [0.2, 0.25) is 0 Å². The van der Waals surface area contributed by atoms with Gasteiger partial charge in [0.25, 0.3) is 0 Å². The van der Waals surface area contributed by atoms with Gasteiger partial charge in [-0.3, -0.25) is 0 Å². The molecule has 7 heteroatoms. The number of sulfone groups is 1. The van der Waals surface area contributed by atoms with Crippen LogP contribution in [0.2, 0.25) is 0 Å². The van der Waals surface area contributed by atoms with Gasteiger partial charge in [-0.15, -0.1) is 0 Å². The van der Waals surface area contributed by atoms with Crippen molar-refractivity contribution < 1.29 is 12.9 Å². The van der Waals surface area contributed by atoms with E-state index in [1.54, 1.807) is 12.1 Å². The van der Waals surface area contributed by atoms with E-state index in [-0.39, 0.29) is 10.7 Å². The Morgan fingerprint density at radius 1 is 1.35 bits per heavy atom. The highest BCUT2D eigenvalue weighted by molar-refractivity contribution is 9.10. The molecule has 0 aliphatic heterocycles. The van der Waals surface area contributed by atoms with E-state index in [2.05, 4.69) is 21.1 Å². The summed E-state index contributed by atoms with van der Waals surface area (Å²) >= 11 is 3.28. The van der Waals surface area contributed by atoms with Crippen molar-refractivity contribution in [1.29, 1.82) is 0 Å². The maximum Gasteiger partial charge on any atom is 0.176 e. The zero-order valence-electron chi connectivity index (χ0n) is 8.84. The number of halogens is 1. The first-order valence-electron chi connectivity index (χ1n) is 4.60. The molecule has 0 saturated heterocycles. The summed E-state index contributed by atoms with van der Waals surface area (Å²) in [5.74, 6) is 0.531. The molecule has 90 valence electrons. The number of nitrogen functional groups attached to an aromatic ring is 1. The topological polar surface area (TPSA) is 86.2 Å². The van der Waals surface area contributed by atoms with Crippen LogP contribution in [0.25, 0.3) is 11.3 Å². The number of anilines is 1. The molecule has 0 fully saturated rings. The molecule has 2 aromatic rings. The zero-order valence-corrected chi connectivity index (χ0v) is 11.2. The lowest BCUT2D eigenvalue weighted by Gasteiger charge is -2.05. The summed E-state index contributed by atoms with van der Waals surface area (Å²) in [5.41, 5.74) is 5.88. The zero-order chi connectivity index (χ0) is 12.6. The summed E-state index contributed by atoms with van der Waals surface area (Å²) in [6, 6.07) is 6.29. The lowest BCUT2D eigenvalue weighted by atomic mass is 10.2. The Kier molecular flexibility index (Phi) is 2.96. The Hall–Kier alpha value is -1.34. The Morgan fingerprint density at radius 2 is 2.06 bits per heavy atom. The number of nitrogens with two attached hydrogens (primary N) is 1. The van der Waals surface area contributed by atoms with Crippen LogP contribution in [0.1, 0.15) is 0 Å². The normalized spacial score (nSPS) is 11.6. The largest absolute Gasteiger partial charge is 0.381 e. The Labute approximate surface area is 107 Å². The van der Waals surface area contributed by atoms with Gasteiger partial charge >= 0.3 is 0 Å². The predicted octanol–water partition coefficient (Wildman–Crippen LogP) is 2.09. The molecule has 0 saturated carbocycles. The molecule has 2 rings (SSSR count). The van der Waals surface area contributed by atoms with Crippen LogP contribution < -0.4 is 5.73 Å². The summed E-state index contributed by atoms with van der Waals surface area (Å²) in [4.78, 5) is 0.178. The molecule has 1 heterocycles. The molecule has 0 spiro atoms. The molecule has 1 aromatic carbocycles. The van der Waals surface area contributed by atoms with Crippen LogP contribution in [0, 0.1) is 0 Å². The molecule has 0 atom stereocenters. The highest BCUT2D eigenvalue weighted by atomic mass is 79.9. The Bertz CT molecular complexity index is 664. The van der Waals surface area contributed by atoms with Gasteiger partial charge in [-0.05, 0) is 18.2 Å². The van der Waals surface area contributed by atoms with Gasteiger partial charge in [-0.2, -0.15) is 0 Å². The van der Waals surface area contributed by atoms with Crippen LogP contribution in [0.3, 0.4) is 0 Å². The fraction of sp³-hybridized carbons (Fsp3) is 0.100. The van der Waals surface area contributed by atoms with Crippen LogP contribution in [0.15, 0.2) is 38.2 Å². The van der Waals surface area contributed by atoms with Crippen molar-refractivity contribution >= 4 is 31.6 Å². The maximum absolute atomic E-state index is 11.6. The summed E-state index contributed by atoms with van der Waals surface area (Å²) < 4.78 is 29.0. The number of benzene rings is 1. The number of aromatic nitrogens is 1. The number of nitrogens with zero attached hydrogens (tertiary/aromatic N) is 1. The van der Waals surface area contributed by atoms with E-state index in [1.807, 2.05) is 0 Å². The van der Waals surface area contributed by atoms with Crippen LogP contribution in [0.4, 0.5) is 5.82 Å². The van der Waals surface area contributed by atoms with Crippen molar-refractivity contribution in [3.8, 4) is 11.3 Å². The van der Waals surface area contributed by atoms with Gasteiger partial charge in [0.1, 0.15) is 0 Å². The van der Waals surface area contributed by atoms with Gasteiger partial charge in [-0.1, -0.05) is 21.1 Å². The van der Waals surface area contributed by atoms with Gasteiger partial charge in [0.05, 0.1) is 4.90 Å². The monoisotopic (exact) mass is 316 g/mol. The smallest absolute Gasteiger partial charge is 0.176 e. The maximum atomic E-state index is 11.6. The number of rotatable bonds is 2. The fourth-order valence-electron chi connectivity index (χ4n) is 1.43. The van der Waals surface area contributed by atoms with Gasteiger partial charge in [-0.25, -0.2) is 8.42 Å². The molecule has 0 bridgehead atoms. The third-order valence-electron chi connectivity index (χ3n) is 2.13. The first kappa shape index (κ1) is 12.1. The number of hydrogen-bond acceptors (Lipinski definition) is 5. The summed E-state index contributed by atoms with van der Waals surface area (Å²) in [6.45, 7) is 0. The standard InChI is InChI=1S/C10H9BrN2O3S/c1-17(14,15)9-3-2-6(11)4-7(9)8-5-10(12)13-16-8/h2-5H,1H3,(H2,12,13). The Morgan fingerprint density at radius 3 is 2.59 bits per heavy atom. The third kappa shape index (κ3) is 2.50. The molecule has 0 aliphatic carbocycles. The molecular weight excluding hydrogens is 308 g/mol. The van der Waals surface area contributed by atoms with Crippen LogP contribution >= 0.6 is 15.9 Å². The molecular formula is C10H9BrN2O3S. The summed E-state index contributed by atoms with van der Waals surface area (Å²) in [6.07, 6.45) is 1.14. The fourth-order valence-corrected chi connectivity index (χ4v) is 2.67. The van der Waals surface area contributed by atoms with Crippen molar-refractivity contribution in [1.82, 2.24) is 5.16 Å². The number of hydrogen-bond donors (Lipinski definition) is 1. The van der Waals surface area contributed by atoms with Crippen molar-refractivity contribution in [2.75, 3.05) is 12.0 Å². The molecule has 1 aromatic heterocycles. The molecule has 0 radical (unpaired) electrons. The minimum atomic E-state index is -3.34. The van der Waals surface area contributed by atoms with Crippen molar-refractivity contribution in [3.63, 3.8) is 0 Å². The van der Waals surface area contributed by atoms with E-state index < -0.39 is 9.84 Å². The molecule has 17 heavy (non-hydrogen) atoms. The van der Waals surface area contributed by atoms with E-state index in [0.29, 0.717) is 11.3 Å². The first-order valence-corrected chi connectivity index (χ1v) is 7.28. The predicted molar refractivity (Wildman–Crippen MR) is 67.2 cm³/mol. The quantitative estimate of drug-likeness (QED) is 0.916. The second kappa shape index (κ2) is 4.15. The minimum absolute atomic E-state index is 0.178. The van der Waals surface area contributed by atoms with Crippen molar-refractivity contribution in [3.05, 3.63) is 28.7 Å². The van der Waals surface area contributed by atoms with Crippen LogP contribution in [-0.4, -0.2) is 19.8 Å². The highest BCUT2D eigenvalue weighted by Crippen LogP contribution is 2.31. The Balaban J connectivity index is 2.71. The van der Waals surface area contributed by atoms with Gasteiger partial charge in [0, 0.05) is 22.4 Å². The molecule has 0 aliphatic rings. The average molecular weight is 317 g/mol. The lowest BCUT2D eigenvalue weighted by Crippen LogP contribution is -1.99. The molecule has 0 amide bonds. The summed E-state index contributed by atoms with van der Waals surface area (Å²) in [7, 11) is -3.34. The SMILES string of the molecule is CS(=O)(=O)c1ccc(Br)cc1-c1cc(N)no1. The second-order valence-corrected chi connectivity index (χ2v) is 6.43. The van der Waals surface area contributed by atoms with E-state index in [0.717, 1.165) is 10.7 Å². The van der Waals surface area contributed by atoms with E-state index in [4.69, 9.17) is 10.3 Å². The summed E-state index contributed by atoms with van der Waals surface area (Å²) in [5, 5.41) is 3.54. The van der Waals surface area contributed by atoms with Crippen molar-refractivity contribution in [2.24, 2.45) is 0 Å².